The molecule has 0 aliphatic heterocycles. The predicted molar refractivity (Wildman–Crippen MR) is 117 cm³/mol. The number of rotatable bonds is 6. The fourth-order valence-electron chi connectivity index (χ4n) is 3.18. The number of aromatic nitrogens is 3. The Hall–Kier alpha value is -4.07. The monoisotopic (exact) mass is 419 g/mol. The molecule has 0 spiro atoms. The Morgan fingerprint density at radius 2 is 1.77 bits per heavy atom. The van der Waals surface area contributed by atoms with Crippen molar-refractivity contribution in [3.05, 3.63) is 83.9 Å². The lowest BCUT2D eigenvalue weighted by molar-refractivity contribution is -0.119. The molecule has 2 aromatic heterocycles. The van der Waals surface area contributed by atoms with Gasteiger partial charge in [0.2, 0.25) is 5.91 Å². The third-order valence-electron chi connectivity index (χ3n) is 4.71. The summed E-state index contributed by atoms with van der Waals surface area (Å²) in [6.45, 7) is 0. The Bertz CT molecular complexity index is 1210. The van der Waals surface area contributed by atoms with Crippen molar-refractivity contribution in [3.63, 3.8) is 0 Å². The number of primary amides is 1. The van der Waals surface area contributed by atoms with E-state index in [0.717, 1.165) is 5.56 Å². The molecule has 7 nitrogen and oxygen atoms in total. The summed E-state index contributed by atoms with van der Waals surface area (Å²) in [5.74, 6) is -0.933. The smallest absolute Gasteiger partial charge is 0.254 e. The van der Waals surface area contributed by atoms with Crippen LogP contribution in [-0.4, -0.2) is 32.8 Å². The van der Waals surface area contributed by atoms with E-state index in [4.69, 9.17) is 5.73 Å². The highest BCUT2D eigenvalue weighted by Gasteiger charge is 2.22. The average Bonchev–Trinajstić information content (AvgIpc) is 3.19. The molecule has 0 unspecified atom stereocenters. The zero-order valence-corrected chi connectivity index (χ0v) is 15.8. The van der Waals surface area contributed by atoms with Gasteiger partial charge in [-0.2, -0.15) is 0 Å². The second-order valence-corrected chi connectivity index (χ2v) is 6.78. The van der Waals surface area contributed by atoms with Crippen molar-refractivity contribution in [2.24, 2.45) is 5.73 Å². The molecule has 4 aromatic rings. The number of nitrogens with two attached hydrogens (primary N) is 1. The molecule has 0 aliphatic carbocycles. The van der Waals surface area contributed by atoms with E-state index < -0.39 is 17.9 Å². The number of hydrogen-bond donors (Lipinski definition) is 3. The zero-order chi connectivity index (χ0) is 21.1. The largest absolute Gasteiger partial charge is 0.368 e. The molecule has 4 rings (SSSR count). The standard InChI is InChI=1S/C22H18FN5O2.CH4/c23-15-6-4-13(5-7-15)12-18(20(24)29)27-22(30)16-2-1-3-17-19(16)28-21(26-17)14-8-10-25-11-9-14;/h1-11,18H,12H2,(H2,24,29)(H,26,28)(H,27,30);1H4/t18-;/m1./s1. The molecule has 158 valence electrons. The molecule has 1 atom stereocenters. The van der Waals surface area contributed by atoms with Crippen LogP contribution in [0.25, 0.3) is 22.4 Å². The summed E-state index contributed by atoms with van der Waals surface area (Å²) in [6, 6.07) is 13.5. The summed E-state index contributed by atoms with van der Waals surface area (Å²) in [6.07, 6.45) is 3.46. The first-order valence-corrected chi connectivity index (χ1v) is 9.25. The normalized spacial score (nSPS) is 11.5. The Morgan fingerprint density at radius 3 is 2.45 bits per heavy atom. The second kappa shape index (κ2) is 9.17. The maximum atomic E-state index is 13.1. The van der Waals surface area contributed by atoms with E-state index in [-0.39, 0.29) is 19.7 Å². The summed E-state index contributed by atoms with van der Waals surface area (Å²) >= 11 is 0. The molecular formula is C23H22FN5O2. The van der Waals surface area contributed by atoms with Crippen molar-refractivity contribution in [3.8, 4) is 11.4 Å². The number of aromatic amines is 1. The number of nitrogens with zero attached hydrogens (tertiary/aromatic N) is 2. The number of fused-ring (bicyclic) bond motifs is 1. The molecule has 0 fully saturated rings. The van der Waals surface area contributed by atoms with Gasteiger partial charge in [0.1, 0.15) is 23.2 Å². The van der Waals surface area contributed by atoms with Gasteiger partial charge in [0.05, 0.1) is 11.1 Å². The summed E-state index contributed by atoms with van der Waals surface area (Å²) in [5, 5.41) is 2.67. The van der Waals surface area contributed by atoms with E-state index in [0.29, 0.717) is 28.0 Å². The highest BCUT2D eigenvalue weighted by Crippen LogP contribution is 2.22. The summed E-state index contributed by atoms with van der Waals surface area (Å²) in [4.78, 5) is 36.5. The molecule has 2 amide bonds. The minimum absolute atomic E-state index is 0. The average molecular weight is 419 g/mol. The summed E-state index contributed by atoms with van der Waals surface area (Å²) < 4.78 is 13.1. The number of nitrogens with one attached hydrogen (secondary N) is 2. The summed E-state index contributed by atoms with van der Waals surface area (Å²) in [7, 11) is 0. The molecule has 4 N–H and O–H groups in total. The zero-order valence-electron chi connectivity index (χ0n) is 15.8. The summed E-state index contributed by atoms with van der Waals surface area (Å²) in [5.41, 5.74) is 8.47. The number of amides is 2. The number of carbonyl (C=O) groups excluding carboxylic acids is 2. The van der Waals surface area contributed by atoms with E-state index in [1.54, 1.807) is 36.7 Å². The maximum absolute atomic E-state index is 13.1. The van der Waals surface area contributed by atoms with E-state index in [2.05, 4.69) is 20.3 Å². The second-order valence-electron chi connectivity index (χ2n) is 6.78. The van der Waals surface area contributed by atoms with Crippen LogP contribution in [0.2, 0.25) is 0 Å². The third-order valence-corrected chi connectivity index (χ3v) is 4.71. The van der Waals surface area contributed by atoms with Crippen LogP contribution < -0.4 is 11.1 Å². The Morgan fingerprint density at radius 1 is 1.06 bits per heavy atom. The highest BCUT2D eigenvalue weighted by molar-refractivity contribution is 6.06. The Labute approximate surface area is 178 Å². The van der Waals surface area contributed by atoms with E-state index >= 15 is 0 Å². The van der Waals surface area contributed by atoms with Gasteiger partial charge in [-0.05, 0) is 42.0 Å². The topological polar surface area (TPSA) is 114 Å². The molecule has 8 heteroatoms. The fourth-order valence-corrected chi connectivity index (χ4v) is 3.18. The van der Waals surface area contributed by atoms with Gasteiger partial charge in [-0.1, -0.05) is 25.6 Å². The van der Waals surface area contributed by atoms with Crippen LogP contribution in [0.1, 0.15) is 23.3 Å². The van der Waals surface area contributed by atoms with Gasteiger partial charge >= 0.3 is 0 Å². The van der Waals surface area contributed by atoms with Crippen LogP contribution in [0.5, 0.6) is 0 Å². The number of pyridine rings is 1. The Balaban J connectivity index is 0.00000272. The Kier molecular flexibility index (Phi) is 6.40. The van der Waals surface area contributed by atoms with Gasteiger partial charge in [0.25, 0.3) is 5.91 Å². The molecular weight excluding hydrogens is 397 g/mol. The molecule has 0 aliphatic rings. The first kappa shape index (κ1) is 21.6. The lowest BCUT2D eigenvalue weighted by Gasteiger charge is -2.16. The van der Waals surface area contributed by atoms with E-state index in [1.165, 1.54) is 12.1 Å². The lowest BCUT2D eigenvalue weighted by Crippen LogP contribution is -2.45. The van der Waals surface area contributed by atoms with Crippen LogP contribution in [0.4, 0.5) is 4.39 Å². The van der Waals surface area contributed by atoms with Crippen LogP contribution in [0.3, 0.4) is 0 Å². The van der Waals surface area contributed by atoms with Crippen molar-refractivity contribution in [2.45, 2.75) is 19.9 Å². The molecule has 31 heavy (non-hydrogen) atoms. The van der Waals surface area contributed by atoms with Gasteiger partial charge in [-0.15, -0.1) is 0 Å². The first-order valence-electron chi connectivity index (χ1n) is 9.25. The number of hydrogen-bond acceptors (Lipinski definition) is 4. The lowest BCUT2D eigenvalue weighted by atomic mass is 10.0. The number of benzene rings is 2. The van der Waals surface area contributed by atoms with Crippen molar-refractivity contribution in [2.75, 3.05) is 0 Å². The molecule has 0 saturated carbocycles. The minimum Gasteiger partial charge on any atom is -0.368 e. The van der Waals surface area contributed by atoms with Crippen LogP contribution >= 0.6 is 0 Å². The van der Waals surface area contributed by atoms with Crippen molar-refractivity contribution in [1.29, 1.82) is 0 Å². The molecule has 0 saturated heterocycles. The van der Waals surface area contributed by atoms with Gasteiger partial charge in [0.15, 0.2) is 0 Å². The van der Waals surface area contributed by atoms with Gasteiger partial charge in [0, 0.05) is 24.4 Å². The van der Waals surface area contributed by atoms with Crippen LogP contribution in [0.15, 0.2) is 67.0 Å². The van der Waals surface area contributed by atoms with Crippen molar-refractivity contribution < 1.29 is 14.0 Å². The highest BCUT2D eigenvalue weighted by atomic mass is 19.1. The molecule has 2 aromatic carbocycles. The van der Waals surface area contributed by atoms with Crippen LogP contribution in [-0.2, 0) is 11.2 Å². The molecule has 0 radical (unpaired) electrons. The number of H-pyrrole nitrogens is 1. The quantitative estimate of drug-likeness (QED) is 0.445. The number of imidazole rings is 1. The molecule has 0 bridgehead atoms. The number of carbonyl (C=O) groups is 2. The molecule has 2 heterocycles. The van der Waals surface area contributed by atoms with Crippen molar-refractivity contribution >= 4 is 22.8 Å². The predicted octanol–water partition coefficient (Wildman–Crippen LogP) is 3.23. The van der Waals surface area contributed by atoms with Gasteiger partial charge in [-0.3, -0.25) is 14.6 Å². The fraction of sp³-hybridized carbons (Fsp3) is 0.130. The number of para-hydroxylation sites is 1. The van der Waals surface area contributed by atoms with E-state index in [1.807, 2.05) is 18.2 Å². The first-order chi connectivity index (χ1) is 14.5. The SMILES string of the molecule is C.NC(=O)[C@@H](Cc1ccc(F)cc1)NC(=O)c1cccc2[nH]c(-c3ccncc3)nc12. The minimum atomic E-state index is -0.947. The maximum Gasteiger partial charge on any atom is 0.254 e. The van der Waals surface area contributed by atoms with Crippen LogP contribution in [0, 0.1) is 5.82 Å². The van der Waals surface area contributed by atoms with Gasteiger partial charge < -0.3 is 16.0 Å². The third kappa shape index (κ3) is 4.75. The number of halogens is 1. The van der Waals surface area contributed by atoms with E-state index in [9.17, 15) is 14.0 Å². The van der Waals surface area contributed by atoms with Crippen molar-refractivity contribution in [1.82, 2.24) is 20.3 Å². The van der Waals surface area contributed by atoms with Gasteiger partial charge in [-0.25, -0.2) is 9.37 Å².